The molecule has 0 N–H and O–H groups in total. The number of rotatable bonds is 6. The smallest absolute Gasteiger partial charge is 0.356 e. The number of amides is 2. The van der Waals surface area contributed by atoms with Crippen LogP contribution >= 0.6 is 0 Å². The second-order valence-electron chi connectivity index (χ2n) is 4.85. The van der Waals surface area contributed by atoms with Crippen molar-refractivity contribution in [1.29, 1.82) is 0 Å². The van der Waals surface area contributed by atoms with Crippen LogP contribution in [0.3, 0.4) is 0 Å². The lowest BCUT2D eigenvalue weighted by Gasteiger charge is -2.11. The molecule has 0 aromatic heterocycles. The summed E-state index contributed by atoms with van der Waals surface area (Å²) in [4.78, 5) is 49.6. The average molecular weight is 350 g/mol. The van der Waals surface area contributed by atoms with E-state index >= 15 is 0 Å². The van der Waals surface area contributed by atoms with E-state index in [0.717, 1.165) is 18.2 Å². The first kappa shape index (κ1) is 17.9. The van der Waals surface area contributed by atoms with E-state index in [1.165, 1.54) is 20.3 Å². The number of nitro groups is 1. The fourth-order valence-electron chi connectivity index (χ4n) is 2.11. The van der Waals surface area contributed by atoms with E-state index in [-0.39, 0.29) is 35.6 Å². The Balaban J connectivity index is 2.24. The molecule has 0 spiro atoms. The molecule has 25 heavy (non-hydrogen) atoms. The molecule has 1 aliphatic heterocycles. The zero-order valence-corrected chi connectivity index (χ0v) is 13.4. The minimum Gasteiger partial charge on any atom is -0.493 e. The summed E-state index contributed by atoms with van der Waals surface area (Å²) in [6, 6.07) is 2.46. The molecule has 1 fully saturated rings. The van der Waals surface area contributed by atoms with Crippen LogP contribution in [0.2, 0.25) is 0 Å². The number of carbonyl (C=O) groups is 3. The van der Waals surface area contributed by atoms with E-state index in [9.17, 15) is 24.5 Å². The molecule has 1 saturated heterocycles. The summed E-state index contributed by atoms with van der Waals surface area (Å²) in [6.45, 7) is 0. The average Bonchev–Trinajstić information content (AvgIpc) is 2.90. The molecule has 1 aromatic rings. The van der Waals surface area contributed by atoms with Gasteiger partial charge in [-0.1, -0.05) is 0 Å². The fraction of sp³-hybridized carbons (Fsp3) is 0.267. The van der Waals surface area contributed by atoms with Crippen molar-refractivity contribution in [2.75, 3.05) is 14.2 Å². The van der Waals surface area contributed by atoms with Crippen LogP contribution in [0.5, 0.6) is 11.5 Å². The zero-order valence-electron chi connectivity index (χ0n) is 13.4. The van der Waals surface area contributed by atoms with E-state index in [2.05, 4.69) is 4.84 Å². The molecule has 0 saturated carbocycles. The molecule has 0 aliphatic carbocycles. The highest BCUT2D eigenvalue weighted by Crippen LogP contribution is 2.35. The van der Waals surface area contributed by atoms with Gasteiger partial charge in [0.05, 0.1) is 30.8 Å². The van der Waals surface area contributed by atoms with Crippen molar-refractivity contribution in [3.8, 4) is 11.5 Å². The summed E-state index contributed by atoms with van der Waals surface area (Å²) in [5, 5.41) is 11.5. The Morgan fingerprint density at radius 1 is 1.16 bits per heavy atom. The first-order chi connectivity index (χ1) is 11.9. The largest absolute Gasteiger partial charge is 0.493 e. The van der Waals surface area contributed by atoms with E-state index in [4.69, 9.17) is 9.47 Å². The van der Waals surface area contributed by atoms with Crippen LogP contribution in [0, 0.1) is 10.1 Å². The van der Waals surface area contributed by atoms with Crippen LogP contribution in [0.25, 0.3) is 6.08 Å². The van der Waals surface area contributed by atoms with Gasteiger partial charge in [-0.25, -0.2) is 4.79 Å². The summed E-state index contributed by atoms with van der Waals surface area (Å²) in [5.41, 5.74) is -0.270. The van der Waals surface area contributed by atoms with Crippen molar-refractivity contribution in [2.24, 2.45) is 0 Å². The van der Waals surface area contributed by atoms with E-state index in [1.807, 2.05) is 0 Å². The number of nitro benzene ring substituents is 1. The lowest BCUT2D eigenvalue weighted by Crippen LogP contribution is -2.31. The Bertz CT molecular complexity index is 755. The summed E-state index contributed by atoms with van der Waals surface area (Å²) in [5.74, 6) is -1.88. The predicted molar refractivity (Wildman–Crippen MR) is 82.4 cm³/mol. The van der Waals surface area contributed by atoms with Gasteiger partial charge >= 0.3 is 5.97 Å². The maximum Gasteiger partial charge on any atom is 0.356 e. The molecule has 0 radical (unpaired) electrons. The molecule has 1 heterocycles. The van der Waals surface area contributed by atoms with Crippen LogP contribution in [0.1, 0.15) is 18.4 Å². The van der Waals surface area contributed by atoms with Crippen LogP contribution < -0.4 is 9.47 Å². The van der Waals surface area contributed by atoms with Gasteiger partial charge in [0, 0.05) is 18.9 Å². The Morgan fingerprint density at radius 3 is 2.24 bits per heavy atom. The summed E-state index contributed by atoms with van der Waals surface area (Å²) in [6.07, 6.45) is 1.93. The third kappa shape index (κ3) is 3.91. The van der Waals surface area contributed by atoms with Gasteiger partial charge in [0.15, 0.2) is 11.5 Å². The van der Waals surface area contributed by atoms with Crippen LogP contribution in [-0.2, 0) is 19.2 Å². The first-order valence-electron chi connectivity index (χ1n) is 7.03. The molecule has 2 amide bonds. The number of ether oxygens (including phenoxy) is 2. The Kier molecular flexibility index (Phi) is 5.32. The van der Waals surface area contributed by atoms with Crippen LogP contribution in [0.4, 0.5) is 5.69 Å². The highest BCUT2D eigenvalue weighted by atomic mass is 16.7. The number of nitrogens with zero attached hydrogens (tertiary/aromatic N) is 2. The molecule has 10 heteroatoms. The Labute approximate surface area is 141 Å². The predicted octanol–water partition coefficient (Wildman–Crippen LogP) is 1.23. The SMILES string of the molecule is COc1cc(/C=C/C(=O)ON2C(=O)CCC2=O)c([N+](=O)[O-])cc1OC. The van der Waals surface area contributed by atoms with E-state index in [0.29, 0.717) is 5.06 Å². The minimum absolute atomic E-state index is 0.0308. The number of methoxy groups -OCH3 is 2. The number of hydrogen-bond donors (Lipinski definition) is 0. The van der Waals surface area contributed by atoms with Gasteiger partial charge in [-0.05, 0) is 12.1 Å². The number of carbonyl (C=O) groups excluding carboxylic acids is 3. The molecule has 2 rings (SSSR count). The van der Waals surface area contributed by atoms with Gasteiger partial charge in [0.2, 0.25) is 0 Å². The van der Waals surface area contributed by atoms with Crippen molar-refractivity contribution in [3.05, 3.63) is 33.9 Å². The number of hydroxylamine groups is 2. The molecule has 132 valence electrons. The second kappa shape index (κ2) is 7.43. The summed E-state index contributed by atoms with van der Waals surface area (Å²) < 4.78 is 10.1. The quantitative estimate of drug-likeness (QED) is 0.325. The minimum atomic E-state index is -1.02. The molecular weight excluding hydrogens is 336 g/mol. The molecule has 1 aliphatic rings. The topological polar surface area (TPSA) is 125 Å². The van der Waals surface area contributed by atoms with Crippen molar-refractivity contribution >= 4 is 29.5 Å². The number of imide groups is 1. The fourth-order valence-corrected chi connectivity index (χ4v) is 2.11. The molecule has 0 bridgehead atoms. The number of benzene rings is 1. The van der Waals surface area contributed by atoms with Gasteiger partial charge < -0.3 is 14.3 Å². The normalized spacial score (nSPS) is 14.1. The number of hydrogen-bond acceptors (Lipinski definition) is 8. The lowest BCUT2D eigenvalue weighted by atomic mass is 10.1. The van der Waals surface area contributed by atoms with Gasteiger partial charge in [-0.2, -0.15) is 0 Å². The highest BCUT2D eigenvalue weighted by Gasteiger charge is 2.32. The van der Waals surface area contributed by atoms with Gasteiger partial charge in [-0.15, -0.1) is 5.06 Å². The monoisotopic (exact) mass is 350 g/mol. The van der Waals surface area contributed by atoms with Crippen LogP contribution in [-0.4, -0.2) is 42.0 Å². The Hall–Kier alpha value is -3.43. The van der Waals surface area contributed by atoms with Crippen molar-refractivity contribution < 1.29 is 33.6 Å². The maximum absolute atomic E-state index is 11.7. The first-order valence-corrected chi connectivity index (χ1v) is 7.03. The van der Waals surface area contributed by atoms with Crippen molar-refractivity contribution in [3.63, 3.8) is 0 Å². The van der Waals surface area contributed by atoms with E-state index in [1.54, 1.807) is 0 Å². The molecule has 10 nitrogen and oxygen atoms in total. The standard InChI is InChI=1S/C15H14N2O8/c1-23-11-7-9(10(17(21)22)8-12(11)24-2)3-6-15(20)25-16-13(18)4-5-14(16)19/h3,6-8H,4-5H2,1-2H3/b6-3+. The summed E-state index contributed by atoms with van der Waals surface area (Å²) >= 11 is 0. The van der Waals surface area contributed by atoms with E-state index < -0.39 is 22.7 Å². The van der Waals surface area contributed by atoms with Gasteiger partial charge in [0.25, 0.3) is 17.5 Å². The summed E-state index contributed by atoms with van der Waals surface area (Å²) in [7, 11) is 2.69. The lowest BCUT2D eigenvalue weighted by molar-refractivity contribution is -0.385. The van der Waals surface area contributed by atoms with Gasteiger partial charge in [-0.3, -0.25) is 19.7 Å². The molecule has 1 aromatic carbocycles. The third-order valence-corrected chi connectivity index (χ3v) is 3.32. The van der Waals surface area contributed by atoms with Crippen LogP contribution in [0.15, 0.2) is 18.2 Å². The molecule has 0 unspecified atom stereocenters. The Morgan fingerprint density at radius 2 is 1.72 bits per heavy atom. The maximum atomic E-state index is 11.7. The molecule has 0 atom stereocenters. The second-order valence-corrected chi connectivity index (χ2v) is 4.85. The zero-order chi connectivity index (χ0) is 18.6. The van der Waals surface area contributed by atoms with Crippen molar-refractivity contribution in [2.45, 2.75) is 12.8 Å². The third-order valence-electron chi connectivity index (χ3n) is 3.32. The van der Waals surface area contributed by atoms with Crippen molar-refractivity contribution in [1.82, 2.24) is 5.06 Å². The van der Waals surface area contributed by atoms with Gasteiger partial charge in [0.1, 0.15) is 0 Å². The highest BCUT2D eigenvalue weighted by molar-refractivity contribution is 6.02. The molecular formula is C15H14N2O8.